The lowest BCUT2D eigenvalue weighted by atomic mass is 9.94. The smallest absolute Gasteiger partial charge is 0.335 e. The van der Waals surface area contributed by atoms with E-state index in [1.165, 1.54) is 38.9 Å². The molecular formula is C30H32O3. The van der Waals surface area contributed by atoms with Crippen molar-refractivity contribution in [2.75, 3.05) is 13.2 Å². The van der Waals surface area contributed by atoms with Gasteiger partial charge in [-0.05, 0) is 71.6 Å². The van der Waals surface area contributed by atoms with E-state index < -0.39 is 5.97 Å². The fourth-order valence-electron chi connectivity index (χ4n) is 3.76. The predicted molar refractivity (Wildman–Crippen MR) is 136 cm³/mol. The van der Waals surface area contributed by atoms with Crippen LogP contribution in [0.25, 0.3) is 22.3 Å². The maximum Gasteiger partial charge on any atom is 0.335 e. The number of hydrogen-bond acceptors (Lipinski definition) is 3. The number of hydrogen-bond donors (Lipinski definition) is 1. The first-order valence-corrected chi connectivity index (χ1v) is 11.4. The lowest BCUT2D eigenvalue weighted by Gasteiger charge is -2.11. The summed E-state index contributed by atoms with van der Waals surface area (Å²) in [4.78, 5) is 11.5. The number of allylic oxidation sites excluding steroid dienone is 1. The highest BCUT2D eigenvalue weighted by Gasteiger charge is 2.08. The third-order valence-corrected chi connectivity index (χ3v) is 5.74. The van der Waals surface area contributed by atoms with Gasteiger partial charge in [0, 0.05) is 0 Å². The fraction of sp³-hybridized carbons (Fsp3) is 0.233. The number of aryl methyl sites for hydroxylation is 3. The minimum atomic E-state index is -0.532. The SMILES string of the molecule is C=CCCc1ccc(-c2ccc(-c3ccc(CCCOC(=O)C(=C)CO)cc3)c(C)c2)cc1. The van der Waals surface area contributed by atoms with Gasteiger partial charge in [-0.25, -0.2) is 4.79 Å². The van der Waals surface area contributed by atoms with Crippen molar-refractivity contribution in [2.45, 2.75) is 32.6 Å². The number of ether oxygens (including phenoxy) is 1. The van der Waals surface area contributed by atoms with Crippen molar-refractivity contribution in [3.05, 3.63) is 108 Å². The Morgan fingerprint density at radius 3 is 2.12 bits per heavy atom. The molecule has 3 rings (SSSR count). The Bertz CT molecular complexity index is 1090. The Labute approximate surface area is 197 Å². The molecule has 0 saturated heterocycles. The maximum absolute atomic E-state index is 11.5. The number of rotatable bonds is 11. The molecule has 0 aliphatic carbocycles. The molecule has 0 aliphatic heterocycles. The second-order valence-corrected chi connectivity index (χ2v) is 8.25. The lowest BCUT2D eigenvalue weighted by Crippen LogP contribution is -2.11. The minimum absolute atomic E-state index is 0.0845. The first-order chi connectivity index (χ1) is 16.0. The molecule has 0 amide bonds. The van der Waals surface area contributed by atoms with Gasteiger partial charge in [0.15, 0.2) is 0 Å². The van der Waals surface area contributed by atoms with E-state index in [1.54, 1.807) is 0 Å². The van der Waals surface area contributed by atoms with Gasteiger partial charge in [-0.1, -0.05) is 79.4 Å². The number of benzene rings is 3. The Morgan fingerprint density at radius 1 is 0.909 bits per heavy atom. The van der Waals surface area contributed by atoms with Gasteiger partial charge in [0.2, 0.25) is 0 Å². The molecule has 0 fully saturated rings. The van der Waals surface area contributed by atoms with Crippen LogP contribution >= 0.6 is 0 Å². The second-order valence-electron chi connectivity index (χ2n) is 8.25. The summed E-state index contributed by atoms with van der Waals surface area (Å²) < 4.78 is 5.09. The van der Waals surface area contributed by atoms with E-state index in [1.807, 2.05) is 6.08 Å². The molecule has 3 nitrogen and oxygen atoms in total. The zero-order chi connectivity index (χ0) is 23.6. The standard InChI is InChI=1S/C30H32O3/c1-4-5-7-24-9-13-26(14-10-24)28-17-18-29(22(2)20-28)27-15-11-25(12-16-27)8-6-19-33-30(32)23(3)21-31/h4,9-18,20,31H,1,3,5-8,19,21H2,2H3. The largest absolute Gasteiger partial charge is 0.462 e. The molecule has 0 saturated carbocycles. The van der Waals surface area contributed by atoms with E-state index in [0.29, 0.717) is 6.61 Å². The molecule has 0 radical (unpaired) electrons. The summed E-state index contributed by atoms with van der Waals surface area (Å²) in [5, 5.41) is 8.89. The minimum Gasteiger partial charge on any atom is -0.462 e. The molecule has 0 bridgehead atoms. The Morgan fingerprint density at radius 2 is 1.52 bits per heavy atom. The van der Waals surface area contributed by atoms with Crippen LogP contribution < -0.4 is 0 Å². The van der Waals surface area contributed by atoms with Gasteiger partial charge in [0.25, 0.3) is 0 Å². The number of carbonyl (C=O) groups excluding carboxylic acids is 1. The maximum atomic E-state index is 11.5. The van der Waals surface area contributed by atoms with Crippen molar-refractivity contribution >= 4 is 5.97 Å². The van der Waals surface area contributed by atoms with Gasteiger partial charge in [0.1, 0.15) is 0 Å². The Hall–Kier alpha value is -3.43. The predicted octanol–water partition coefficient (Wildman–Crippen LogP) is 6.47. The summed E-state index contributed by atoms with van der Waals surface area (Å²) in [5.41, 5.74) is 8.72. The molecule has 3 aromatic rings. The van der Waals surface area contributed by atoms with Gasteiger partial charge in [-0.15, -0.1) is 6.58 Å². The average Bonchev–Trinajstić information content (AvgIpc) is 2.85. The van der Waals surface area contributed by atoms with Crippen LogP contribution in [0.1, 0.15) is 29.5 Å². The zero-order valence-electron chi connectivity index (χ0n) is 19.3. The van der Waals surface area contributed by atoms with Crippen molar-refractivity contribution < 1.29 is 14.6 Å². The van der Waals surface area contributed by atoms with E-state index in [-0.39, 0.29) is 12.2 Å². The molecule has 0 unspecified atom stereocenters. The zero-order valence-corrected chi connectivity index (χ0v) is 19.3. The molecule has 170 valence electrons. The van der Waals surface area contributed by atoms with E-state index in [0.717, 1.165) is 25.7 Å². The molecule has 0 aliphatic rings. The van der Waals surface area contributed by atoms with Crippen LogP contribution in [-0.4, -0.2) is 24.3 Å². The third kappa shape index (κ3) is 6.77. The van der Waals surface area contributed by atoms with Crippen molar-refractivity contribution in [1.82, 2.24) is 0 Å². The Balaban J connectivity index is 1.60. The molecule has 0 heterocycles. The number of aliphatic hydroxyl groups is 1. The normalized spacial score (nSPS) is 10.6. The van der Waals surface area contributed by atoms with Crippen molar-refractivity contribution in [3.8, 4) is 22.3 Å². The lowest BCUT2D eigenvalue weighted by molar-refractivity contribution is -0.139. The van der Waals surface area contributed by atoms with Gasteiger partial charge in [0.05, 0.1) is 18.8 Å². The van der Waals surface area contributed by atoms with Crippen LogP contribution in [0.2, 0.25) is 0 Å². The van der Waals surface area contributed by atoms with Crippen LogP contribution in [0.15, 0.2) is 91.5 Å². The van der Waals surface area contributed by atoms with Crippen LogP contribution in [0, 0.1) is 6.92 Å². The second kappa shape index (κ2) is 12.0. The summed E-state index contributed by atoms with van der Waals surface area (Å²) >= 11 is 0. The highest BCUT2D eigenvalue weighted by atomic mass is 16.5. The molecule has 3 aromatic carbocycles. The molecule has 0 atom stereocenters. The van der Waals surface area contributed by atoms with Crippen LogP contribution in [0.5, 0.6) is 0 Å². The first-order valence-electron chi connectivity index (χ1n) is 11.4. The monoisotopic (exact) mass is 440 g/mol. The van der Waals surface area contributed by atoms with Gasteiger partial charge in [-0.2, -0.15) is 0 Å². The van der Waals surface area contributed by atoms with Crippen LogP contribution in [-0.2, 0) is 22.4 Å². The van der Waals surface area contributed by atoms with Crippen LogP contribution in [0.3, 0.4) is 0 Å². The van der Waals surface area contributed by atoms with Crippen LogP contribution in [0.4, 0.5) is 0 Å². The quantitative estimate of drug-likeness (QED) is 0.161. The molecule has 3 heteroatoms. The molecule has 0 spiro atoms. The summed E-state index contributed by atoms with van der Waals surface area (Å²) in [6.07, 6.45) is 5.53. The summed E-state index contributed by atoms with van der Waals surface area (Å²) in [5.74, 6) is -0.532. The van der Waals surface area contributed by atoms with E-state index in [2.05, 4.69) is 86.8 Å². The van der Waals surface area contributed by atoms with E-state index in [9.17, 15) is 4.79 Å². The highest BCUT2D eigenvalue weighted by molar-refractivity contribution is 5.87. The van der Waals surface area contributed by atoms with Gasteiger partial charge < -0.3 is 9.84 Å². The fourth-order valence-corrected chi connectivity index (χ4v) is 3.76. The number of aliphatic hydroxyl groups excluding tert-OH is 1. The number of esters is 1. The number of carbonyl (C=O) groups is 1. The summed E-state index contributed by atoms with van der Waals surface area (Å²) in [7, 11) is 0. The summed E-state index contributed by atoms with van der Waals surface area (Å²) in [6.45, 7) is 9.35. The topological polar surface area (TPSA) is 46.5 Å². The van der Waals surface area contributed by atoms with E-state index in [4.69, 9.17) is 9.84 Å². The molecule has 33 heavy (non-hydrogen) atoms. The van der Waals surface area contributed by atoms with Gasteiger partial charge >= 0.3 is 5.97 Å². The first kappa shape index (κ1) is 24.2. The molecule has 0 aromatic heterocycles. The Kier molecular flexibility index (Phi) is 8.79. The molecular weight excluding hydrogens is 408 g/mol. The molecule has 1 N–H and O–H groups in total. The summed E-state index contributed by atoms with van der Waals surface area (Å²) in [6, 6.07) is 23.9. The average molecular weight is 441 g/mol. The van der Waals surface area contributed by atoms with Crippen molar-refractivity contribution in [1.29, 1.82) is 0 Å². The highest BCUT2D eigenvalue weighted by Crippen LogP contribution is 2.29. The van der Waals surface area contributed by atoms with E-state index >= 15 is 0 Å². The van der Waals surface area contributed by atoms with Crippen molar-refractivity contribution in [3.63, 3.8) is 0 Å². The van der Waals surface area contributed by atoms with Crippen molar-refractivity contribution in [2.24, 2.45) is 0 Å². The van der Waals surface area contributed by atoms with Gasteiger partial charge in [-0.3, -0.25) is 0 Å². The third-order valence-electron chi connectivity index (χ3n) is 5.74.